The van der Waals surface area contributed by atoms with Gasteiger partial charge in [0, 0.05) is 178 Å². The fraction of sp³-hybridized carbons (Fsp3) is 0.640. The Kier molecular flexibility index (Phi) is 43.0. The summed E-state index contributed by atoms with van der Waals surface area (Å²) in [6.07, 6.45) is 0.834. The third-order valence-corrected chi connectivity index (χ3v) is 20.8. The number of carbonyl (C=O) groups is 13. The van der Waals surface area contributed by atoms with Crippen molar-refractivity contribution in [3.63, 3.8) is 0 Å². The zero-order chi connectivity index (χ0) is 81.5. The molecule has 37 nitrogen and oxygen atoms in total. The molecule has 6 atom stereocenters. The summed E-state index contributed by atoms with van der Waals surface area (Å²) in [6, 6.07) is 13.8. The van der Waals surface area contributed by atoms with Crippen molar-refractivity contribution in [2.75, 3.05) is 156 Å². The van der Waals surface area contributed by atoms with Crippen LogP contribution in [0.5, 0.6) is 0 Å². The summed E-state index contributed by atoms with van der Waals surface area (Å²) in [5.41, 5.74) is 4.38. The number of esters is 3. The maximum absolute atomic E-state index is 14.2. The molecule has 3 aromatic rings. The van der Waals surface area contributed by atoms with E-state index in [0.717, 1.165) is 16.8 Å². The standard InChI is InChI=1S/C75H107N10O27P.Lu/c86-56(15-10-37-105-40-42-107-44-45-108-43-41-106-39-26-57(87)14-3-1-2-4-19-63(89)77-61(74(101)102)23-21-58(88)46-53(72(97)98)13-9-38-109-113(103,104)52-55(73(99)100)20-25-66(92)93)22-24-65(91)84-47-54-12-5-6-16-59(54)71-70(60-17-7-8-18-62(60)84)78-79-85(71)28-11-27-76-64(90)48-80-29-31-81-33-35-83-36-34-82(32-30-80)50-68(95)111-75(110-67(94)49-81)112-69(96)51-83;/h5-8,12,16-18,53,55,61,75H,1-4,9-11,13-15,19-52H2,(H,76,90)(H,77,89)(H,92,93)(H,97,98)(H,99,100)(H,101,102)(H,103,104);/t53-,55?,61-;/m1./s1. The number of Topliss-reactive ketones (excluding diaryl/α,β-unsaturated/α-hetero) is 3. The van der Waals surface area contributed by atoms with Gasteiger partial charge in [-0.1, -0.05) is 60.5 Å². The Labute approximate surface area is 689 Å². The Morgan fingerprint density at radius 2 is 1.08 bits per heavy atom. The minimum Gasteiger partial charge on any atom is -0.481 e. The molecule has 4 aliphatic heterocycles. The molecule has 2 aromatic carbocycles. The van der Waals surface area contributed by atoms with Gasteiger partial charge in [-0.3, -0.25) is 81.7 Å². The van der Waals surface area contributed by atoms with Crippen molar-refractivity contribution in [2.45, 2.75) is 148 Å². The number of fused-ring (bicyclic) bond motifs is 12. The van der Waals surface area contributed by atoms with Crippen molar-refractivity contribution in [1.29, 1.82) is 0 Å². The molecule has 5 heterocycles. The van der Waals surface area contributed by atoms with E-state index in [1.54, 1.807) is 4.90 Å². The van der Waals surface area contributed by atoms with Crippen LogP contribution in [0.1, 0.15) is 128 Å². The van der Waals surface area contributed by atoms with Gasteiger partial charge >= 0.3 is 55.9 Å². The van der Waals surface area contributed by atoms with Crippen molar-refractivity contribution >= 4 is 90.1 Å². The fourth-order valence-electron chi connectivity index (χ4n) is 13.1. The van der Waals surface area contributed by atoms with Crippen molar-refractivity contribution in [3.8, 4) is 22.5 Å². The number of benzene rings is 2. The van der Waals surface area contributed by atoms with Gasteiger partial charge in [-0.2, -0.15) is 0 Å². The normalized spacial score (nSPS) is 18.5. The molecule has 639 valence electrons. The summed E-state index contributed by atoms with van der Waals surface area (Å²) in [5, 5.41) is 52.1. The average molecular weight is 1790 g/mol. The van der Waals surface area contributed by atoms with Crippen molar-refractivity contribution < 1.29 is 167 Å². The van der Waals surface area contributed by atoms with Gasteiger partial charge < -0.3 is 78.5 Å². The van der Waals surface area contributed by atoms with Crippen LogP contribution in [0, 0.1) is 48.7 Å². The number of amides is 3. The third kappa shape index (κ3) is 35.4. The summed E-state index contributed by atoms with van der Waals surface area (Å²) < 4.78 is 57.3. The number of rotatable bonds is 51. The van der Waals surface area contributed by atoms with Crippen LogP contribution in [-0.4, -0.2) is 300 Å². The topological polar surface area (TPSA) is 485 Å². The van der Waals surface area contributed by atoms with E-state index in [9.17, 15) is 87.1 Å². The largest absolute Gasteiger partial charge is 0.481 e. The number of carboxylic acid groups (broad SMARTS) is 4. The number of anilines is 1. The Balaban J connectivity index is 0.0000202. The van der Waals surface area contributed by atoms with Crippen molar-refractivity contribution in [1.82, 2.24) is 45.2 Å². The van der Waals surface area contributed by atoms with E-state index >= 15 is 0 Å². The Morgan fingerprint density at radius 3 is 1.68 bits per heavy atom. The van der Waals surface area contributed by atoms with E-state index in [1.165, 1.54) is 0 Å². The van der Waals surface area contributed by atoms with Crippen LogP contribution in [0.25, 0.3) is 22.5 Å². The first-order valence-electron chi connectivity index (χ1n) is 38.5. The number of carboxylic acids is 4. The summed E-state index contributed by atoms with van der Waals surface area (Å²) >= 11 is 0. The number of hydrogen-bond donors (Lipinski definition) is 7. The van der Waals surface area contributed by atoms with E-state index in [2.05, 4.69) is 20.9 Å². The second-order valence-electron chi connectivity index (χ2n) is 28.1. The second-order valence-corrected chi connectivity index (χ2v) is 30.0. The van der Waals surface area contributed by atoms with E-state index in [0.29, 0.717) is 167 Å². The molecule has 1 aromatic heterocycles. The third-order valence-electron chi connectivity index (χ3n) is 19.3. The Bertz CT molecular complexity index is 3700. The van der Waals surface area contributed by atoms with Crippen LogP contribution in [0.2, 0.25) is 0 Å². The van der Waals surface area contributed by atoms with Crippen molar-refractivity contribution in [2.24, 2.45) is 11.8 Å². The van der Waals surface area contributed by atoms with Crippen LogP contribution >= 0.6 is 7.60 Å². The number of aliphatic carboxylic acids is 4. The van der Waals surface area contributed by atoms with Crippen LogP contribution in [0.3, 0.4) is 0 Å². The van der Waals surface area contributed by atoms with Gasteiger partial charge in [0.1, 0.15) is 29.1 Å². The minimum atomic E-state index is -4.49. The number of nitrogens with one attached hydrogen (secondary N) is 2. The molecular formula is C75H107LuN10O27P. The van der Waals surface area contributed by atoms with Gasteiger partial charge in [0.05, 0.1) is 115 Å². The molecule has 0 spiro atoms. The number of carbonyl (C=O) groups excluding carboxylic acids is 9. The molecule has 3 saturated heterocycles. The molecule has 4 bridgehead atoms. The number of aryl methyl sites for hydroxylation is 1. The number of ether oxygens (including phenoxy) is 7. The predicted octanol–water partition coefficient (Wildman–Crippen LogP) is 3.18. The molecule has 4 aliphatic rings. The smallest absolute Gasteiger partial charge is 0.412 e. The number of aromatic nitrogens is 3. The predicted molar refractivity (Wildman–Crippen MR) is 399 cm³/mol. The quantitative estimate of drug-likeness (QED) is 0.0242. The molecule has 0 saturated carbocycles. The molecule has 7 rings (SSSR count). The Morgan fingerprint density at radius 1 is 0.526 bits per heavy atom. The van der Waals surface area contributed by atoms with Gasteiger partial charge in [-0.25, -0.2) is 9.48 Å². The van der Waals surface area contributed by atoms with Gasteiger partial charge in [0.25, 0.3) is 0 Å². The van der Waals surface area contributed by atoms with Crippen LogP contribution in [0.4, 0.5) is 5.69 Å². The van der Waals surface area contributed by atoms with Gasteiger partial charge in [-0.05, 0) is 63.0 Å². The van der Waals surface area contributed by atoms with Crippen LogP contribution in [-0.2, 0) is 118 Å². The first-order valence-corrected chi connectivity index (χ1v) is 40.2. The van der Waals surface area contributed by atoms with E-state index in [1.807, 2.05) is 72.8 Å². The van der Waals surface area contributed by atoms with Crippen molar-refractivity contribution in [3.05, 3.63) is 54.1 Å². The summed E-state index contributed by atoms with van der Waals surface area (Å²) in [6.45, 7) is 4.33. The van der Waals surface area contributed by atoms with E-state index in [4.69, 9.17) is 42.8 Å². The Hall–Kier alpha value is -7.65. The SMILES string of the molecule is O=C(O)CCC(CP(=O)(O)OCCC[C@H](CC(=O)CC[C@@H](NC(=O)CCCCCCC(=O)CCOCCOCCOCCOCCCC(=O)CCC(=O)N1Cc2ccccc2-c2c(nnn2CCCNC(=O)CN2CCN3CCN4CCN(CC2)CC(=O)OC(OC(=O)C3)OC(=O)C4)-c2ccccc21)C(=O)O)C(=O)O)C(=O)O.[Lu]. The molecule has 3 amide bonds. The number of para-hydroxylation sites is 1. The summed E-state index contributed by atoms with van der Waals surface area (Å²) in [7, 11) is -4.49. The zero-order valence-electron chi connectivity index (χ0n) is 64.0. The van der Waals surface area contributed by atoms with Gasteiger partial charge in [0.15, 0.2) is 0 Å². The first-order chi connectivity index (χ1) is 54.3. The summed E-state index contributed by atoms with van der Waals surface area (Å²) in [5.74, 6) is -11.9. The van der Waals surface area contributed by atoms with Gasteiger partial charge in [-0.15, -0.1) is 5.10 Å². The molecule has 0 aliphatic carbocycles. The minimum absolute atomic E-state index is 0. The molecular weight excluding hydrogens is 1680 g/mol. The van der Waals surface area contributed by atoms with E-state index < -0.39 is 117 Å². The fourth-order valence-corrected chi connectivity index (χ4v) is 14.5. The average Bonchev–Trinajstić information content (AvgIpc) is 1.52. The van der Waals surface area contributed by atoms with Crippen LogP contribution < -0.4 is 15.5 Å². The molecule has 114 heavy (non-hydrogen) atoms. The maximum atomic E-state index is 14.2. The number of nitrogens with zero attached hydrogens (tertiary/aromatic N) is 8. The van der Waals surface area contributed by atoms with Crippen LogP contribution in [0.15, 0.2) is 48.5 Å². The number of hydrogen-bond acceptors (Lipinski definition) is 28. The monoisotopic (exact) mass is 1790 g/mol. The van der Waals surface area contributed by atoms with E-state index in [-0.39, 0.29) is 164 Å². The molecule has 4 unspecified atom stereocenters. The second kappa shape index (κ2) is 51.4. The van der Waals surface area contributed by atoms with Gasteiger partial charge in [0.2, 0.25) is 17.7 Å². The first kappa shape index (κ1) is 95.2. The zero-order valence-corrected chi connectivity index (χ0v) is 66.6. The number of ketones is 3. The molecule has 7 N–H and O–H groups in total. The summed E-state index contributed by atoms with van der Waals surface area (Å²) in [4.78, 5) is 183. The molecule has 3 fully saturated rings. The molecule has 39 heteroatoms. The maximum Gasteiger partial charge on any atom is 0.412 e. The molecule has 1 radical (unpaired) electrons. The number of unbranched alkanes of at least 4 members (excludes halogenated alkanes) is 3.